The number of hydrogen-bond acceptors (Lipinski definition) is 2. The molecule has 0 bridgehead atoms. The highest BCUT2D eigenvalue weighted by Gasteiger charge is 2.06. The number of halogens is 2. The summed E-state index contributed by atoms with van der Waals surface area (Å²) in [5.74, 6) is -0.221. The smallest absolute Gasteiger partial charge is 0.231 e. The SMILES string of the molecule is NC(=S)CC(=O)Nc1cc(Br)ccc1Br. The number of benzene rings is 1. The lowest BCUT2D eigenvalue weighted by Gasteiger charge is -2.07. The van der Waals surface area contributed by atoms with Gasteiger partial charge >= 0.3 is 0 Å². The maximum atomic E-state index is 11.4. The van der Waals surface area contributed by atoms with Crippen LogP contribution in [0.1, 0.15) is 6.42 Å². The van der Waals surface area contributed by atoms with E-state index in [-0.39, 0.29) is 17.3 Å². The fraction of sp³-hybridized carbons (Fsp3) is 0.111. The van der Waals surface area contributed by atoms with Crippen LogP contribution in [0.15, 0.2) is 27.1 Å². The van der Waals surface area contributed by atoms with Crippen molar-refractivity contribution in [2.45, 2.75) is 6.42 Å². The van der Waals surface area contributed by atoms with E-state index in [1.165, 1.54) is 0 Å². The summed E-state index contributed by atoms with van der Waals surface area (Å²) in [5, 5.41) is 2.70. The molecule has 0 aromatic heterocycles. The minimum Gasteiger partial charge on any atom is -0.393 e. The Balaban J connectivity index is 2.76. The van der Waals surface area contributed by atoms with Gasteiger partial charge in [-0.1, -0.05) is 28.1 Å². The average molecular weight is 352 g/mol. The molecule has 0 radical (unpaired) electrons. The molecular weight excluding hydrogens is 344 g/mol. The van der Waals surface area contributed by atoms with E-state index in [9.17, 15) is 4.79 Å². The monoisotopic (exact) mass is 350 g/mol. The molecule has 1 amide bonds. The van der Waals surface area contributed by atoms with Gasteiger partial charge in [0.25, 0.3) is 0 Å². The van der Waals surface area contributed by atoms with Gasteiger partial charge in [-0.3, -0.25) is 4.79 Å². The number of nitrogens with two attached hydrogens (primary N) is 1. The van der Waals surface area contributed by atoms with Crippen LogP contribution in [-0.4, -0.2) is 10.9 Å². The van der Waals surface area contributed by atoms with Crippen LogP contribution in [0.3, 0.4) is 0 Å². The van der Waals surface area contributed by atoms with Crippen molar-refractivity contribution in [3.63, 3.8) is 0 Å². The summed E-state index contributed by atoms with van der Waals surface area (Å²) in [6.45, 7) is 0. The summed E-state index contributed by atoms with van der Waals surface area (Å²) in [6.07, 6.45) is 0.0499. The quantitative estimate of drug-likeness (QED) is 0.823. The van der Waals surface area contributed by atoms with Gasteiger partial charge in [0.05, 0.1) is 17.1 Å². The maximum absolute atomic E-state index is 11.4. The van der Waals surface area contributed by atoms with Crippen molar-refractivity contribution in [2.75, 3.05) is 5.32 Å². The number of carbonyl (C=O) groups excluding carboxylic acids is 1. The van der Waals surface area contributed by atoms with Gasteiger partial charge in [0, 0.05) is 8.95 Å². The third kappa shape index (κ3) is 4.27. The fourth-order valence-electron chi connectivity index (χ4n) is 0.946. The predicted molar refractivity (Wildman–Crippen MR) is 71.9 cm³/mol. The zero-order chi connectivity index (χ0) is 11.4. The highest BCUT2D eigenvalue weighted by Crippen LogP contribution is 2.26. The van der Waals surface area contributed by atoms with E-state index in [0.29, 0.717) is 5.69 Å². The zero-order valence-corrected chi connectivity index (χ0v) is 11.6. The Morgan fingerprint density at radius 3 is 2.73 bits per heavy atom. The number of carbonyl (C=O) groups is 1. The number of rotatable bonds is 3. The molecule has 0 saturated heterocycles. The minimum atomic E-state index is -0.221. The van der Waals surface area contributed by atoms with Gasteiger partial charge in [0.2, 0.25) is 5.91 Å². The molecule has 0 aliphatic carbocycles. The molecule has 0 spiro atoms. The number of nitrogens with one attached hydrogen (secondary N) is 1. The second-order valence-electron chi connectivity index (χ2n) is 2.82. The second kappa shape index (κ2) is 5.58. The van der Waals surface area contributed by atoms with Gasteiger partial charge in [-0.05, 0) is 34.1 Å². The van der Waals surface area contributed by atoms with Gasteiger partial charge in [-0.2, -0.15) is 0 Å². The van der Waals surface area contributed by atoms with E-state index in [2.05, 4.69) is 49.4 Å². The normalized spacial score (nSPS) is 9.73. The molecular formula is C9H8Br2N2OS. The molecule has 1 rings (SSSR count). The van der Waals surface area contributed by atoms with Gasteiger partial charge in [0.15, 0.2) is 0 Å². The fourth-order valence-corrected chi connectivity index (χ4v) is 1.78. The van der Waals surface area contributed by atoms with Crippen LogP contribution in [0.4, 0.5) is 5.69 Å². The minimum absolute atomic E-state index is 0.0499. The summed E-state index contributed by atoms with van der Waals surface area (Å²) in [7, 11) is 0. The third-order valence-electron chi connectivity index (χ3n) is 1.54. The molecule has 0 aliphatic rings. The number of thiocarbonyl (C=S) groups is 1. The molecule has 0 fully saturated rings. The van der Waals surface area contributed by atoms with Gasteiger partial charge in [0.1, 0.15) is 0 Å². The molecule has 1 aromatic carbocycles. The van der Waals surface area contributed by atoms with Crippen molar-refractivity contribution in [3.8, 4) is 0 Å². The predicted octanol–water partition coefficient (Wildman–Crippen LogP) is 2.83. The molecule has 0 saturated carbocycles. The van der Waals surface area contributed by atoms with Crippen molar-refractivity contribution in [1.29, 1.82) is 0 Å². The Kier molecular flexibility index (Phi) is 4.69. The highest BCUT2D eigenvalue weighted by atomic mass is 79.9. The standard InChI is InChI=1S/C9H8Br2N2OS/c10-5-1-2-6(11)7(3-5)13-9(14)4-8(12)15/h1-3H,4H2,(H2,12,15)(H,13,14). The first-order valence-electron chi connectivity index (χ1n) is 4.02. The van der Waals surface area contributed by atoms with Crippen LogP contribution in [0.25, 0.3) is 0 Å². The lowest BCUT2D eigenvalue weighted by Crippen LogP contribution is -2.20. The molecule has 0 unspecified atom stereocenters. The second-order valence-corrected chi connectivity index (χ2v) is 5.11. The molecule has 0 atom stereocenters. The number of anilines is 1. The largest absolute Gasteiger partial charge is 0.393 e. The van der Waals surface area contributed by atoms with Crippen molar-refractivity contribution in [2.24, 2.45) is 5.73 Å². The van der Waals surface area contributed by atoms with E-state index >= 15 is 0 Å². The highest BCUT2D eigenvalue weighted by molar-refractivity contribution is 9.11. The van der Waals surface area contributed by atoms with Gasteiger partial charge < -0.3 is 11.1 Å². The van der Waals surface area contributed by atoms with Crippen LogP contribution >= 0.6 is 44.1 Å². The van der Waals surface area contributed by atoms with E-state index in [1.54, 1.807) is 6.07 Å². The van der Waals surface area contributed by atoms with Crippen LogP contribution in [0, 0.1) is 0 Å². The van der Waals surface area contributed by atoms with E-state index in [0.717, 1.165) is 8.95 Å². The van der Waals surface area contributed by atoms with Crippen molar-refractivity contribution >= 4 is 60.7 Å². The third-order valence-corrected chi connectivity index (χ3v) is 2.87. The molecule has 3 nitrogen and oxygen atoms in total. The molecule has 3 N–H and O–H groups in total. The Labute approximate surface area is 110 Å². The maximum Gasteiger partial charge on any atom is 0.231 e. The van der Waals surface area contributed by atoms with Crippen LogP contribution in [0.5, 0.6) is 0 Å². The Hall–Kier alpha value is -0.460. The number of hydrogen-bond donors (Lipinski definition) is 2. The lowest BCUT2D eigenvalue weighted by molar-refractivity contribution is -0.115. The Bertz CT molecular complexity index is 409. The van der Waals surface area contributed by atoms with E-state index in [4.69, 9.17) is 5.73 Å². The van der Waals surface area contributed by atoms with Crippen molar-refractivity contribution in [3.05, 3.63) is 27.1 Å². The van der Waals surface area contributed by atoms with Crippen LogP contribution in [0.2, 0.25) is 0 Å². The first-order chi connectivity index (χ1) is 6.99. The van der Waals surface area contributed by atoms with Crippen molar-refractivity contribution < 1.29 is 4.79 Å². The van der Waals surface area contributed by atoms with Crippen LogP contribution in [-0.2, 0) is 4.79 Å². The molecule has 80 valence electrons. The summed E-state index contributed by atoms with van der Waals surface area (Å²) in [4.78, 5) is 11.6. The summed E-state index contributed by atoms with van der Waals surface area (Å²) < 4.78 is 1.69. The molecule has 6 heteroatoms. The van der Waals surface area contributed by atoms with Gasteiger partial charge in [-0.15, -0.1) is 0 Å². The molecule has 1 aromatic rings. The van der Waals surface area contributed by atoms with Crippen molar-refractivity contribution in [1.82, 2.24) is 0 Å². The van der Waals surface area contributed by atoms with E-state index in [1.807, 2.05) is 12.1 Å². The molecule has 15 heavy (non-hydrogen) atoms. The zero-order valence-electron chi connectivity index (χ0n) is 7.59. The summed E-state index contributed by atoms with van der Waals surface area (Å²) >= 11 is 11.3. The first-order valence-corrected chi connectivity index (χ1v) is 6.01. The number of amides is 1. The average Bonchev–Trinajstić information content (AvgIpc) is 2.10. The Morgan fingerprint density at radius 1 is 1.47 bits per heavy atom. The first kappa shape index (κ1) is 12.6. The molecule has 0 aliphatic heterocycles. The molecule has 0 heterocycles. The van der Waals surface area contributed by atoms with Crippen LogP contribution < -0.4 is 11.1 Å². The topological polar surface area (TPSA) is 55.1 Å². The summed E-state index contributed by atoms with van der Waals surface area (Å²) in [5.41, 5.74) is 5.95. The van der Waals surface area contributed by atoms with E-state index < -0.39 is 0 Å². The summed E-state index contributed by atoms with van der Waals surface area (Å²) in [6, 6.07) is 5.50. The lowest BCUT2D eigenvalue weighted by atomic mass is 10.3. The Morgan fingerprint density at radius 2 is 2.13 bits per heavy atom. The van der Waals surface area contributed by atoms with Gasteiger partial charge in [-0.25, -0.2) is 0 Å².